The molecule has 4 heterocycles. The third-order valence-electron chi connectivity index (χ3n) is 10.2. The van der Waals surface area contributed by atoms with Crippen molar-refractivity contribution in [2.24, 2.45) is 0 Å². The lowest BCUT2D eigenvalue weighted by Crippen LogP contribution is -2.47. The molecule has 2 saturated heterocycles. The van der Waals surface area contributed by atoms with Gasteiger partial charge in [0.2, 0.25) is 0 Å². The van der Waals surface area contributed by atoms with Crippen LogP contribution in [0, 0.1) is 23.3 Å². The van der Waals surface area contributed by atoms with Gasteiger partial charge in [-0.3, -0.25) is 29.6 Å². The lowest BCUT2D eigenvalue weighted by atomic mass is 10.1. The third kappa shape index (κ3) is 9.21. The van der Waals surface area contributed by atoms with Crippen molar-refractivity contribution in [3.63, 3.8) is 0 Å². The zero-order valence-corrected chi connectivity index (χ0v) is 31.3. The number of aliphatic hydroxyl groups is 2. The highest BCUT2D eigenvalue weighted by molar-refractivity contribution is 6.06. The van der Waals surface area contributed by atoms with Crippen LogP contribution >= 0.6 is 0 Å². The maximum atomic E-state index is 14.4. The van der Waals surface area contributed by atoms with Crippen molar-refractivity contribution in [2.75, 3.05) is 99.1 Å². The number of benzene rings is 4. The Balaban J connectivity index is 0.000000177. The first-order valence-electron chi connectivity index (χ1n) is 18.7. The van der Waals surface area contributed by atoms with Crippen LogP contribution in [0.15, 0.2) is 73.1 Å². The fraction of sp³-hybridized carbons (Fsp3) is 0.300. The Morgan fingerprint density at radius 3 is 1.55 bits per heavy atom. The molecule has 0 bridgehead atoms. The van der Waals surface area contributed by atoms with Crippen molar-refractivity contribution in [1.82, 2.24) is 30.2 Å². The van der Waals surface area contributed by atoms with E-state index in [1.165, 1.54) is 12.1 Å². The standard InChI is InChI=1S/2C20H21F2N5O2/c21-16-11-17(22)19(27-5-3-26(4-6-27)7-8-28)10-15(16)20(29)24-14-1-2-18-13(9-14)12-23-25-18;21-16-11-17(22)19(27-5-3-26(4-6-27)7-8-28)10-15(16)20(29)24-14-2-1-13-12-23-25-18(13)9-14/h2*1-2,9-12,28H,3-8H2,(H,23,25)(H,24,29). The highest BCUT2D eigenvalue weighted by atomic mass is 19.1. The van der Waals surface area contributed by atoms with E-state index in [4.69, 9.17) is 10.2 Å². The number of anilines is 4. The lowest BCUT2D eigenvalue weighted by molar-refractivity contribution is 0.101. The highest BCUT2D eigenvalue weighted by Crippen LogP contribution is 2.28. The Labute approximate surface area is 330 Å². The average Bonchev–Trinajstić information content (AvgIpc) is 3.89. The molecule has 0 radical (unpaired) electrons. The molecule has 14 nitrogen and oxygen atoms in total. The van der Waals surface area contributed by atoms with Gasteiger partial charge in [-0.2, -0.15) is 10.2 Å². The molecule has 2 aliphatic rings. The molecule has 0 aliphatic carbocycles. The summed E-state index contributed by atoms with van der Waals surface area (Å²) in [6, 6.07) is 14.4. The van der Waals surface area contributed by atoms with Crippen LogP contribution in [0.5, 0.6) is 0 Å². The van der Waals surface area contributed by atoms with E-state index in [0.29, 0.717) is 76.8 Å². The molecule has 4 aromatic carbocycles. The molecule has 0 spiro atoms. The van der Waals surface area contributed by atoms with Crippen LogP contribution in [0.1, 0.15) is 20.7 Å². The van der Waals surface area contributed by atoms with Crippen LogP contribution < -0.4 is 20.4 Å². The smallest absolute Gasteiger partial charge is 0.258 e. The van der Waals surface area contributed by atoms with Crippen LogP contribution in [0.4, 0.5) is 40.3 Å². The second-order valence-corrected chi connectivity index (χ2v) is 13.9. The number of hydrogen-bond donors (Lipinski definition) is 6. The molecule has 8 rings (SSSR count). The van der Waals surface area contributed by atoms with Gasteiger partial charge < -0.3 is 30.6 Å². The number of H-pyrrole nitrogens is 2. The average molecular weight is 803 g/mol. The summed E-state index contributed by atoms with van der Waals surface area (Å²) in [4.78, 5) is 33.0. The number of nitrogens with zero attached hydrogens (tertiary/aromatic N) is 6. The highest BCUT2D eigenvalue weighted by Gasteiger charge is 2.25. The number of halogens is 4. The molecule has 6 aromatic rings. The van der Waals surface area contributed by atoms with Crippen LogP contribution in [-0.2, 0) is 0 Å². The molecule has 2 fully saturated rings. The van der Waals surface area contributed by atoms with Gasteiger partial charge in [0.1, 0.15) is 23.3 Å². The van der Waals surface area contributed by atoms with Gasteiger partial charge in [-0.05, 0) is 48.5 Å². The van der Waals surface area contributed by atoms with Crippen LogP contribution in [0.2, 0.25) is 0 Å². The third-order valence-corrected chi connectivity index (χ3v) is 10.2. The summed E-state index contributed by atoms with van der Waals surface area (Å²) in [5.41, 5.74) is 2.49. The van der Waals surface area contributed by atoms with Crippen LogP contribution in [0.3, 0.4) is 0 Å². The topological polar surface area (TPSA) is 169 Å². The molecule has 0 saturated carbocycles. The molecular weight excluding hydrogens is 760 g/mol. The summed E-state index contributed by atoms with van der Waals surface area (Å²) >= 11 is 0. The van der Waals surface area contributed by atoms with E-state index in [1.807, 2.05) is 0 Å². The lowest BCUT2D eigenvalue weighted by Gasteiger charge is -2.36. The predicted octanol–water partition coefficient (Wildman–Crippen LogP) is 4.42. The number of aromatic amines is 2. The molecule has 6 N–H and O–H groups in total. The van der Waals surface area contributed by atoms with Gasteiger partial charge in [-0.15, -0.1) is 0 Å². The minimum Gasteiger partial charge on any atom is -0.395 e. The Kier molecular flexibility index (Phi) is 12.5. The van der Waals surface area contributed by atoms with Gasteiger partial charge in [0, 0.05) is 99.7 Å². The number of amides is 2. The maximum Gasteiger partial charge on any atom is 0.258 e. The van der Waals surface area contributed by atoms with Crippen molar-refractivity contribution in [3.8, 4) is 0 Å². The van der Waals surface area contributed by atoms with E-state index in [2.05, 4.69) is 40.8 Å². The molecule has 58 heavy (non-hydrogen) atoms. The first kappa shape index (κ1) is 40.1. The summed E-state index contributed by atoms with van der Waals surface area (Å²) in [6.45, 7) is 6.00. The Morgan fingerprint density at radius 1 is 0.569 bits per heavy atom. The van der Waals surface area contributed by atoms with E-state index in [-0.39, 0.29) is 35.7 Å². The summed E-state index contributed by atoms with van der Waals surface area (Å²) < 4.78 is 57.5. The molecule has 2 amide bonds. The Hall–Kier alpha value is -6.08. The van der Waals surface area contributed by atoms with Crippen LogP contribution in [0.25, 0.3) is 21.8 Å². The molecule has 2 aromatic heterocycles. The number of carbonyl (C=O) groups excluding carboxylic acids is 2. The minimum absolute atomic E-state index is 0.0690. The number of hydrogen-bond acceptors (Lipinski definition) is 10. The first-order valence-corrected chi connectivity index (χ1v) is 18.7. The van der Waals surface area contributed by atoms with E-state index < -0.39 is 35.1 Å². The zero-order valence-electron chi connectivity index (χ0n) is 31.3. The van der Waals surface area contributed by atoms with Gasteiger partial charge in [0.15, 0.2) is 0 Å². The number of piperazine rings is 2. The largest absolute Gasteiger partial charge is 0.395 e. The molecule has 304 valence electrons. The second kappa shape index (κ2) is 18.0. The number of aliphatic hydroxyl groups excluding tert-OH is 2. The van der Waals surface area contributed by atoms with Crippen molar-refractivity contribution >= 4 is 56.4 Å². The number of nitrogens with one attached hydrogen (secondary N) is 4. The fourth-order valence-electron chi connectivity index (χ4n) is 7.05. The normalized spacial score (nSPS) is 15.1. The van der Waals surface area contributed by atoms with Crippen LogP contribution in [-0.4, -0.2) is 131 Å². The second-order valence-electron chi connectivity index (χ2n) is 13.9. The quantitative estimate of drug-likeness (QED) is 0.109. The Bertz CT molecular complexity index is 2230. The van der Waals surface area contributed by atoms with E-state index in [9.17, 15) is 27.2 Å². The maximum absolute atomic E-state index is 14.4. The predicted molar refractivity (Wildman–Crippen MR) is 212 cm³/mol. The zero-order chi connectivity index (χ0) is 40.8. The van der Waals surface area contributed by atoms with Crippen molar-refractivity contribution < 1.29 is 37.4 Å². The van der Waals surface area contributed by atoms with Gasteiger partial charge in [-0.1, -0.05) is 0 Å². The number of aromatic nitrogens is 4. The van der Waals surface area contributed by atoms with Gasteiger partial charge in [-0.25, -0.2) is 17.6 Å². The van der Waals surface area contributed by atoms with E-state index in [0.717, 1.165) is 33.9 Å². The van der Waals surface area contributed by atoms with Crippen molar-refractivity contribution in [2.45, 2.75) is 0 Å². The summed E-state index contributed by atoms with van der Waals surface area (Å²) in [7, 11) is 0. The fourth-order valence-corrected chi connectivity index (χ4v) is 7.05. The number of carbonyl (C=O) groups is 2. The van der Waals surface area contributed by atoms with Gasteiger partial charge in [0.05, 0.1) is 59.1 Å². The van der Waals surface area contributed by atoms with Crippen molar-refractivity contribution in [1.29, 1.82) is 0 Å². The Morgan fingerprint density at radius 2 is 1.03 bits per heavy atom. The first-order chi connectivity index (χ1) is 28.1. The molecule has 2 aliphatic heterocycles. The van der Waals surface area contributed by atoms with E-state index in [1.54, 1.807) is 58.6 Å². The number of β-amino-alcohol motifs (C(OH)–C–C–N with tert-alkyl or cyclic N) is 2. The monoisotopic (exact) mass is 802 g/mol. The minimum atomic E-state index is -0.912. The summed E-state index contributed by atoms with van der Waals surface area (Å²) in [5.74, 6) is -4.52. The molecule has 0 atom stereocenters. The SMILES string of the molecule is O=C(Nc1ccc2[nH]ncc2c1)c1cc(N2CCN(CCO)CC2)c(F)cc1F.O=C(Nc1ccc2cn[nH]c2c1)c1cc(N2CCN(CCO)CC2)c(F)cc1F. The molecular formula is C40H42F4N10O4. The molecule has 18 heteroatoms. The number of fused-ring (bicyclic) bond motifs is 2. The summed E-state index contributed by atoms with van der Waals surface area (Å²) in [6.07, 6.45) is 3.28. The van der Waals surface area contributed by atoms with E-state index >= 15 is 0 Å². The van der Waals surface area contributed by atoms with Crippen molar-refractivity contribution in [3.05, 3.63) is 107 Å². The molecule has 0 unspecified atom stereocenters. The number of rotatable bonds is 10. The summed E-state index contributed by atoms with van der Waals surface area (Å²) in [5, 5.41) is 38.5. The van der Waals surface area contributed by atoms with Gasteiger partial charge >= 0.3 is 0 Å². The van der Waals surface area contributed by atoms with Gasteiger partial charge in [0.25, 0.3) is 11.8 Å².